The average Bonchev–Trinajstić information content (AvgIpc) is 2.34. The number of amides is 1. The van der Waals surface area contributed by atoms with Crippen LogP contribution < -0.4 is 0 Å². The molecule has 1 amide bonds. The van der Waals surface area contributed by atoms with E-state index in [1.54, 1.807) is 0 Å². The van der Waals surface area contributed by atoms with Crippen LogP contribution in [-0.2, 0) is 11.2 Å². The van der Waals surface area contributed by atoms with Crippen LogP contribution in [0.4, 0.5) is 0 Å². The van der Waals surface area contributed by atoms with Gasteiger partial charge in [0.2, 0.25) is 5.91 Å². The summed E-state index contributed by atoms with van der Waals surface area (Å²) in [6.07, 6.45) is 0.509. The first-order valence-electron chi connectivity index (χ1n) is 6.27. The summed E-state index contributed by atoms with van der Waals surface area (Å²) in [6, 6.07) is 6.11. The van der Waals surface area contributed by atoms with Crippen molar-refractivity contribution < 1.29 is 4.79 Å². The van der Waals surface area contributed by atoms with E-state index in [1.807, 2.05) is 17.0 Å². The number of nitrogens with zero attached hydrogens (tertiary/aromatic N) is 2. The molecule has 0 aromatic heterocycles. The fourth-order valence-electron chi connectivity index (χ4n) is 2.16. The topological polar surface area (TPSA) is 23.6 Å². The van der Waals surface area contributed by atoms with E-state index in [-0.39, 0.29) is 5.91 Å². The summed E-state index contributed by atoms with van der Waals surface area (Å²) in [4.78, 5) is 16.5. The molecule has 4 heteroatoms. The molecule has 0 spiro atoms. The summed E-state index contributed by atoms with van der Waals surface area (Å²) in [5.74, 6) is 0.240. The maximum atomic E-state index is 12.2. The van der Waals surface area contributed by atoms with E-state index in [1.165, 1.54) is 5.56 Å². The standard InChI is InChI=1S/C14H19BrN2O/c1-11-3-4-13(15)9-12(11)10-14(18)17-7-5-16(2)6-8-17/h3-4,9H,5-8,10H2,1-2H3. The number of aryl methyl sites for hydroxylation is 1. The molecule has 1 aromatic carbocycles. The van der Waals surface area contributed by atoms with E-state index in [0.29, 0.717) is 6.42 Å². The molecule has 1 saturated heterocycles. The van der Waals surface area contributed by atoms with E-state index in [4.69, 9.17) is 0 Å². The van der Waals surface area contributed by atoms with E-state index >= 15 is 0 Å². The van der Waals surface area contributed by atoms with E-state index in [9.17, 15) is 4.79 Å². The second-order valence-corrected chi connectivity index (χ2v) is 5.85. The summed E-state index contributed by atoms with van der Waals surface area (Å²) < 4.78 is 1.04. The van der Waals surface area contributed by atoms with Gasteiger partial charge in [-0.1, -0.05) is 22.0 Å². The highest BCUT2D eigenvalue weighted by atomic mass is 79.9. The summed E-state index contributed by atoms with van der Waals surface area (Å²) >= 11 is 3.46. The van der Waals surface area contributed by atoms with Crippen molar-refractivity contribution in [1.29, 1.82) is 0 Å². The first-order chi connectivity index (χ1) is 8.56. The van der Waals surface area contributed by atoms with Gasteiger partial charge < -0.3 is 9.80 Å². The highest BCUT2D eigenvalue weighted by Crippen LogP contribution is 2.17. The van der Waals surface area contributed by atoms with Gasteiger partial charge in [0.05, 0.1) is 6.42 Å². The van der Waals surface area contributed by atoms with Crippen molar-refractivity contribution in [2.45, 2.75) is 13.3 Å². The van der Waals surface area contributed by atoms with Gasteiger partial charge in [0.1, 0.15) is 0 Å². The predicted octanol–water partition coefficient (Wildman–Crippen LogP) is 2.07. The first kappa shape index (κ1) is 13.6. The van der Waals surface area contributed by atoms with Gasteiger partial charge in [-0.3, -0.25) is 4.79 Å². The van der Waals surface area contributed by atoms with Gasteiger partial charge in [0, 0.05) is 30.7 Å². The van der Waals surface area contributed by atoms with Gasteiger partial charge in [0.15, 0.2) is 0 Å². The lowest BCUT2D eigenvalue weighted by molar-refractivity contribution is -0.132. The number of carbonyl (C=O) groups excluding carboxylic acids is 1. The lowest BCUT2D eigenvalue weighted by atomic mass is 10.1. The maximum absolute atomic E-state index is 12.2. The third kappa shape index (κ3) is 3.33. The molecule has 1 aliphatic heterocycles. The van der Waals surface area contributed by atoms with Crippen LogP contribution in [0.25, 0.3) is 0 Å². The minimum Gasteiger partial charge on any atom is -0.340 e. The highest BCUT2D eigenvalue weighted by Gasteiger charge is 2.19. The second-order valence-electron chi connectivity index (χ2n) is 4.93. The Balaban J connectivity index is 2.00. The Bertz CT molecular complexity index is 439. The molecular weight excluding hydrogens is 292 g/mol. The van der Waals surface area contributed by atoms with Gasteiger partial charge in [-0.2, -0.15) is 0 Å². The molecule has 0 saturated carbocycles. The summed E-state index contributed by atoms with van der Waals surface area (Å²) in [5, 5.41) is 0. The number of benzene rings is 1. The molecule has 98 valence electrons. The Morgan fingerprint density at radius 3 is 2.61 bits per heavy atom. The third-order valence-electron chi connectivity index (χ3n) is 3.51. The molecule has 0 aliphatic carbocycles. The molecule has 3 nitrogen and oxygen atoms in total. The molecule has 2 rings (SSSR count). The number of rotatable bonds is 2. The number of hydrogen-bond donors (Lipinski definition) is 0. The highest BCUT2D eigenvalue weighted by molar-refractivity contribution is 9.10. The fourth-order valence-corrected chi connectivity index (χ4v) is 2.57. The van der Waals surface area contributed by atoms with Crippen molar-refractivity contribution in [1.82, 2.24) is 9.80 Å². The van der Waals surface area contributed by atoms with Crippen LogP contribution in [0.1, 0.15) is 11.1 Å². The van der Waals surface area contributed by atoms with Crippen LogP contribution in [-0.4, -0.2) is 48.9 Å². The SMILES string of the molecule is Cc1ccc(Br)cc1CC(=O)N1CCN(C)CC1. The Kier molecular flexibility index (Phi) is 4.40. The Morgan fingerprint density at radius 2 is 1.94 bits per heavy atom. The molecule has 0 N–H and O–H groups in total. The maximum Gasteiger partial charge on any atom is 0.227 e. The second kappa shape index (κ2) is 5.85. The van der Waals surface area contributed by atoms with Crippen molar-refractivity contribution in [3.8, 4) is 0 Å². The fraction of sp³-hybridized carbons (Fsp3) is 0.500. The van der Waals surface area contributed by atoms with E-state index in [0.717, 1.165) is 36.2 Å². The molecular formula is C14H19BrN2O. The predicted molar refractivity (Wildman–Crippen MR) is 76.7 cm³/mol. The van der Waals surface area contributed by atoms with E-state index < -0.39 is 0 Å². The molecule has 1 aromatic rings. The molecule has 0 unspecified atom stereocenters. The normalized spacial score (nSPS) is 16.9. The van der Waals surface area contributed by atoms with Crippen molar-refractivity contribution >= 4 is 21.8 Å². The monoisotopic (exact) mass is 310 g/mol. The Hall–Kier alpha value is -0.870. The van der Waals surface area contributed by atoms with Gasteiger partial charge >= 0.3 is 0 Å². The molecule has 0 radical (unpaired) electrons. The molecule has 1 heterocycles. The minimum absolute atomic E-state index is 0.240. The quantitative estimate of drug-likeness (QED) is 0.835. The van der Waals surface area contributed by atoms with Crippen LogP contribution in [0.15, 0.2) is 22.7 Å². The van der Waals surface area contributed by atoms with Gasteiger partial charge in [-0.05, 0) is 37.2 Å². The number of piperazine rings is 1. The largest absolute Gasteiger partial charge is 0.340 e. The van der Waals surface area contributed by atoms with Crippen LogP contribution >= 0.6 is 15.9 Å². The number of carbonyl (C=O) groups is 1. The molecule has 0 atom stereocenters. The Labute approximate surface area is 117 Å². The van der Waals surface area contributed by atoms with Crippen LogP contribution in [0.5, 0.6) is 0 Å². The average molecular weight is 311 g/mol. The van der Waals surface area contributed by atoms with E-state index in [2.05, 4.69) is 40.9 Å². The van der Waals surface area contributed by atoms with Crippen LogP contribution in [0.3, 0.4) is 0 Å². The van der Waals surface area contributed by atoms with Crippen molar-refractivity contribution in [2.24, 2.45) is 0 Å². The van der Waals surface area contributed by atoms with Crippen LogP contribution in [0, 0.1) is 6.92 Å². The molecule has 1 aliphatic rings. The van der Waals surface area contributed by atoms with Crippen molar-refractivity contribution in [3.63, 3.8) is 0 Å². The van der Waals surface area contributed by atoms with Gasteiger partial charge in [-0.15, -0.1) is 0 Å². The summed E-state index contributed by atoms with van der Waals surface area (Å²) in [7, 11) is 2.10. The molecule has 1 fully saturated rings. The van der Waals surface area contributed by atoms with Crippen molar-refractivity contribution in [2.75, 3.05) is 33.2 Å². The minimum atomic E-state index is 0.240. The number of likely N-dealkylation sites (N-methyl/N-ethyl adjacent to an activating group) is 1. The third-order valence-corrected chi connectivity index (χ3v) is 4.00. The molecule has 0 bridgehead atoms. The smallest absolute Gasteiger partial charge is 0.227 e. The lowest BCUT2D eigenvalue weighted by Crippen LogP contribution is -2.47. The van der Waals surface area contributed by atoms with Gasteiger partial charge in [-0.25, -0.2) is 0 Å². The summed E-state index contributed by atoms with van der Waals surface area (Å²) in [6.45, 7) is 5.70. The first-order valence-corrected chi connectivity index (χ1v) is 7.07. The summed E-state index contributed by atoms with van der Waals surface area (Å²) in [5.41, 5.74) is 2.30. The zero-order valence-electron chi connectivity index (χ0n) is 10.9. The van der Waals surface area contributed by atoms with Crippen LogP contribution in [0.2, 0.25) is 0 Å². The number of hydrogen-bond acceptors (Lipinski definition) is 2. The number of halogens is 1. The van der Waals surface area contributed by atoms with Gasteiger partial charge in [0.25, 0.3) is 0 Å². The Morgan fingerprint density at radius 1 is 1.28 bits per heavy atom. The lowest BCUT2D eigenvalue weighted by Gasteiger charge is -2.32. The zero-order valence-corrected chi connectivity index (χ0v) is 12.5. The molecule has 18 heavy (non-hydrogen) atoms. The zero-order chi connectivity index (χ0) is 13.1. The van der Waals surface area contributed by atoms with Crippen molar-refractivity contribution in [3.05, 3.63) is 33.8 Å².